The highest BCUT2D eigenvalue weighted by atomic mass is 35.5. The second-order valence-corrected chi connectivity index (χ2v) is 8.05. The number of likely N-dealkylation sites (N-methyl/N-ethyl adjacent to an activating group) is 1. The molecule has 4 N–H and O–H groups in total. The van der Waals surface area contributed by atoms with Crippen LogP contribution >= 0.6 is 11.6 Å². The zero-order valence-corrected chi connectivity index (χ0v) is 20.2. The number of fused-ring (bicyclic) bond motifs is 3. The van der Waals surface area contributed by atoms with Crippen LogP contribution in [0, 0.1) is 5.92 Å². The van der Waals surface area contributed by atoms with Crippen molar-refractivity contribution in [1.82, 2.24) is 9.88 Å². The highest BCUT2D eigenvalue weighted by Crippen LogP contribution is 2.41. The molecule has 1 aromatic heterocycles. The minimum atomic E-state index is -1.03. The average molecular weight is 488 g/mol. The fourth-order valence-corrected chi connectivity index (χ4v) is 4.28. The first-order valence-corrected chi connectivity index (χ1v) is 11.2. The SMILES string of the molecule is CCN/C(=C\N)C(=O)O.COC1=CC=CC(C2OCc3cccn3-c3ccc(Cl)cc32)C1OC. The van der Waals surface area contributed by atoms with Crippen LogP contribution in [0.2, 0.25) is 5.02 Å². The van der Waals surface area contributed by atoms with Crippen molar-refractivity contribution in [3.8, 4) is 5.69 Å². The predicted octanol–water partition coefficient (Wildman–Crippen LogP) is 3.91. The molecule has 2 aromatic rings. The molecule has 1 aliphatic carbocycles. The van der Waals surface area contributed by atoms with Crippen molar-refractivity contribution < 1.29 is 24.1 Å². The number of nitrogens with one attached hydrogen (secondary N) is 1. The minimum Gasteiger partial charge on any atom is -0.498 e. The summed E-state index contributed by atoms with van der Waals surface area (Å²) in [6.07, 6.45) is 8.75. The molecule has 4 rings (SSSR count). The zero-order chi connectivity index (χ0) is 24.7. The van der Waals surface area contributed by atoms with Crippen molar-refractivity contribution in [2.24, 2.45) is 11.7 Å². The molecule has 9 heteroatoms. The highest BCUT2D eigenvalue weighted by Gasteiger charge is 2.37. The summed E-state index contributed by atoms with van der Waals surface area (Å²) in [5, 5.41) is 11.6. The van der Waals surface area contributed by atoms with Gasteiger partial charge in [-0.2, -0.15) is 0 Å². The normalized spacial score (nSPS) is 21.2. The van der Waals surface area contributed by atoms with Crippen LogP contribution in [0.1, 0.15) is 24.3 Å². The van der Waals surface area contributed by atoms with Gasteiger partial charge in [-0.05, 0) is 43.3 Å². The van der Waals surface area contributed by atoms with Crippen molar-refractivity contribution in [3.05, 3.63) is 88.7 Å². The van der Waals surface area contributed by atoms with Crippen molar-refractivity contribution in [2.45, 2.75) is 25.7 Å². The Kier molecular flexibility index (Phi) is 8.81. The van der Waals surface area contributed by atoms with Gasteiger partial charge in [0.2, 0.25) is 0 Å². The zero-order valence-electron chi connectivity index (χ0n) is 19.4. The van der Waals surface area contributed by atoms with E-state index in [4.69, 9.17) is 36.7 Å². The number of nitrogens with zero attached hydrogens (tertiary/aromatic N) is 1. The van der Waals surface area contributed by atoms with Crippen LogP contribution in [0.5, 0.6) is 0 Å². The third kappa shape index (κ3) is 5.47. The molecule has 1 aromatic carbocycles. The number of aliphatic carboxylic acids is 1. The molecule has 0 saturated carbocycles. The summed E-state index contributed by atoms with van der Waals surface area (Å²) in [4.78, 5) is 10.1. The van der Waals surface area contributed by atoms with E-state index in [1.165, 1.54) is 0 Å². The minimum absolute atomic E-state index is 0.00762. The number of carboxylic acid groups (broad SMARTS) is 1. The topological polar surface area (TPSA) is 108 Å². The van der Waals surface area contributed by atoms with Gasteiger partial charge in [-0.15, -0.1) is 0 Å². The van der Waals surface area contributed by atoms with Crippen molar-refractivity contribution in [1.29, 1.82) is 0 Å². The van der Waals surface area contributed by atoms with E-state index in [-0.39, 0.29) is 23.8 Å². The Morgan fingerprint density at radius 3 is 2.79 bits per heavy atom. The quantitative estimate of drug-likeness (QED) is 0.530. The Balaban J connectivity index is 0.000000309. The Labute approximate surface area is 204 Å². The fourth-order valence-electron chi connectivity index (χ4n) is 4.10. The maximum Gasteiger partial charge on any atom is 0.353 e. The second kappa shape index (κ2) is 11.8. The third-order valence-electron chi connectivity index (χ3n) is 5.63. The van der Waals surface area contributed by atoms with E-state index in [1.807, 2.05) is 36.4 Å². The summed E-state index contributed by atoms with van der Waals surface area (Å²) in [6.45, 7) is 2.89. The Morgan fingerprint density at radius 1 is 1.38 bits per heavy atom. The van der Waals surface area contributed by atoms with Crippen molar-refractivity contribution in [3.63, 3.8) is 0 Å². The number of hydrogen-bond donors (Lipinski definition) is 3. The lowest BCUT2D eigenvalue weighted by Crippen LogP contribution is -2.32. The predicted molar refractivity (Wildman–Crippen MR) is 130 cm³/mol. The van der Waals surface area contributed by atoms with Gasteiger partial charge >= 0.3 is 5.97 Å². The van der Waals surface area contributed by atoms with Gasteiger partial charge in [0.05, 0.1) is 25.5 Å². The molecule has 3 unspecified atom stereocenters. The fraction of sp³-hybridized carbons (Fsp3) is 0.320. The van der Waals surface area contributed by atoms with Crippen molar-refractivity contribution in [2.75, 3.05) is 20.8 Å². The molecule has 182 valence electrons. The van der Waals surface area contributed by atoms with Gasteiger partial charge in [-0.3, -0.25) is 0 Å². The van der Waals surface area contributed by atoms with Crippen molar-refractivity contribution >= 4 is 17.6 Å². The molecule has 2 heterocycles. The lowest BCUT2D eigenvalue weighted by atomic mass is 9.86. The molecule has 0 spiro atoms. The lowest BCUT2D eigenvalue weighted by Gasteiger charge is -2.33. The molecule has 8 nitrogen and oxygen atoms in total. The van der Waals surface area contributed by atoms with E-state index in [1.54, 1.807) is 21.1 Å². The Bertz CT molecular complexity index is 1090. The van der Waals surface area contributed by atoms with Gasteiger partial charge in [-0.1, -0.05) is 23.8 Å². The lowest BCUT2D eigenvalue weighted by molar-refractivity contribution is -0.133. The van der Waals surface area contributed by atoms with Crippen LogP contribution < -0.4 is 11.1 Å². The van der Waals surface area contributed by atoms with Crippen LogP contribution in [-0.2, 0) is 25.6 Å². The number of carboxylic acids is 1. The van der Waals surface area contributed by atoms with Gasteiger partial charge in [0.1, 0.15) is 17.6 Å². The summed E-state index contributed by atoms with van der Waals surface area (Å²) in [5.41, 5.74) is 8.25. The number of benzene rings is 1. The molecule has 3 atom stereocenters. The van der Waals surface area contributed by atoms with Gasteiger partial charge in [-0.25, -0.2) is 4.79 Å². The number of aromatic nitrogens is 1. The smallest absolute Gasteiger partial charge is 0.353 e. The van der Waals surface area contributed by atoms with Gasteiger partial charge in [0.15, 0.2) is 0 Å². The molecule has 0 radical (unpaired) electrons. The number of rotatable bonds is 6. The molecule has 34 heavy (non-hydrogen) atoms. The summed E-state index contributed by atoms with van der Waals surface area (Å²) < 4.78 is 19.7. The largest absolute Gasteiger partial charge is 0.498 e. The number of hydrogen-bond acceptors (Lipinski definition) is 6. The maximum absolute atomic E-state index is 10.1. The van der Waals surface area contributed by atoms with Crippen LogP contribution in [0.3, 0.4) is 0 Å². The summed E-state index contributed by atoms with van der Waals surface area (Å²) in [5.74, 6) is -0.239. The summed E-state index contributed by atoms with van der Waals surface area (Å²) >= 11 is 6.31. The van der Waals surface area contributed by atoms with Gasteiger partial charge < -0.3 is 34.9 Å². The number of halogens is 1. The van der Waals surface area contributed by atoms with E-state index >= 15 is 0 Å². The summed E-state index contributed by atoms with van der Waals surface area (Å²) in [7, 11) is 3.36. The molecular weight excluding hydrogens is 458 g/mol. The third-order valence-corrected chi connectivity index (χ3v) is 5.86. The molecule has 0 bridgehead atoms. The van der Waals surface area contributed by atoms with E-state index in [9.17, 15) is 4.79 Å². The van der Waals surface area contributed by atoms with E-state index in [0.717, 1.165) is 28.9 Å². The monoisotopic (exact) mass is 487 g/mol. The number of carbonyl (C=O) groups is 1. The molecule has 0 fully saturated rings. The van der Waals surface area contributed by atoms with Gasteiger partial charge in [0.25, 0.3) is 0 Å². The first-order valence-electron chi connectivity index (χ1n) is 10.9. The molecule has 0 saturated heterocycles. The number of nitrogens with two attached hydrogens (primary N) is 1. The average Bonchev–Trinajstić information content (AvgIpc) is 3.25. The van der Waals surface area contributed by atoms with Crippen LogP contribution in [0.4, 0.5) is 0 Å². The summed E-state index contributed by atoms with van der Waals surface area (Å²) in [6, 6.07) is 10.1. The molecular formula is C25H30ClN3O5. The molecule has 2 aliphatic rings. The van der Waals surface area contributed by atoms with Crippen LogP contribution in [-0.4, -0.2) is 42.5 Å². The number of allylic oxidation sites excluding steroid dienone is 2. The first kappa shape index (κ1) is 25.4. The molecule has 1 aliphatic heterocycles. The first-order chi connectivity index (χ1) is 16.4. The van der Waals surface area contributed by atoms with E-state index in [0.29, 0.717) is 18.2 Å². The van der Waals surface area contributed by atoms with E-state index < -0.39 is 5.97 Å². The van der Waals surface area contributed by atoms with Gasteiger partial charge in [0, 0.05) is 48.2 Å². The second-order valence-electron chi connectivity index (χ2n) is 7.61. The number of methoxy groups -OCH3 is 2. The molecule has 0 amide bonds. The van der Waals surface area contributed by atoms with E-state index in [2.05, 4.69) is 28.2 Å². The van der Waals surface area contributed by atoms with Crippen LogP contribution in [0.15, 0.2) is 72.4 Å². The standard InChI is InChI=1S/C20H20ClNO3.C5H10N2O2/c1-23-18-7-3-6-15(20(18)24-2)19-16-11-13(21)8-9-17(16)22-10-4-5-14(22)12-25-19;1-2-7-4(3-6)5(8)9/h3-11,15,19-20H,12H2,1-2H3;3,7H,2,6H2,1H3,(H,8,9)/b;4-3-. The Hall–Kier alpha value is -3.20. The maximum atomic E-state index is 10.1. The highest BCUT2D eigenvalue weighted by molar-refractivity contribution is 6.30. The van der Waals surface area contributed by atoms with Crippen LogP contribution in [0.25, 0.3) is 5.69 Å². The number of ether oxygens (including phenoxy) is 3. The Morgan fingerprint density at radius 2 is 2.18 bits per heavy atom.